The van der Waals surface area contributed by atoms with Gasteiger partial charge in [0.25, 0.3) is 0 Å². The van der Waals surface area contributed by atoms with Gasteiger partial charge in [0.2, 0.25) is 6.04 Å². The minimum atomic E-state index is -0.969. The van der Waals surface area contributed by atoms with E-state index in [1.54, 1.807) is 13.8 Å². The van der Waals surface area contributed by atoms with Crippen LogP contribution < -0.4 is 5.32 Å². The van der Waals surface area contributed by atoms with Gasteiger partial charge < -0.3 is 14.8 Å². The van der Waals surface area contributed by atoms with Crippen LogP contribution in [0.5, 0.6) is 0 Å². The van der Waals surface area contributed by atoms with Crippen LogP contribution >= 0.6 is 0 Å². The molecule has 0 saturated carbocycles. The monoisotopic (exact) mass is 375 g/mol. The van der Waals surface area contributed by atoms with Gasteiger partial charge in [0.05, 0.1) is 13.2 Å². The van der Waals surface area contributed by atoms with E-state index < -0.39 is 18.0 Å². The molecule has 0 radical (unpaired) electrons. The van der Waals surface area contributed by atoms with Crippen molar-refractivity contribution >= 4 is 17.8 Å². The van der Waals surface area contributed by atoms with Crippen LogP contribution in [0.3, 0.4) is 0 Å². The molecule has 27 heavy (non-hydrogen) atoms. The van der Waals surface area contributed by atoms with Crippen LogP contribution in [0, 0.1) is 0 Å². The second-order valence-electron chi connectivity index (χ2n) is 6.99. The Hall–Kier alpha value is -2.15. The van der Waals surface area contributed by atoms with Gasteiger partial charge in [-0.1, -0.05) is 6.07 Å². The number of nitrogens with zero attached hydrogens (tertiary/aromatic N) is 2. The zero-order valence-corrected chi connectivity index (χ0v) is 16.2. The summed E-state index contributed by atoms with van der Waals surface area (Å²) in [4.78, 5) is 31.3. The summed E-state index contributed by atoms with van der Waals surface area (Å²) >= 11 is 0. The number of aryl methyl sites for hydroxylation is 1. The quantitative estimate of drug-likeness (QED) is 0.602. The van der Waals surface area contributed by atoms with Gasteiger partial charge in [-0.15, -0.1) is 0 Å². The fourth-order valence-corrected chi connectivity index (χ4v) is 3.86. The number of likely N-dealkylation sites (tertiary alicyclic amines) is 1. The van der Waals surface area contributed by atoms with E-state index in [2.05, 4.69) is 17.4 Å². The Morgan fingerprint density at radius 1 is 1.19 bits per heavy atom. The van der Waals surface area contributed by atoms with Crippen molar-refractivity contribution in [3.05, 3.63) is 23.4 Å². The molecule has 1 aromatic rings. The zero-order valence-electron chi connectivity index (χ0n) is 16.2. The summed E-state index contributed by atoms with van der Waals surface area (Å²) in [7, 11) is 0. The van der Waals surface area contributed by atoms with Crippen molar-refractivity contribution in [3.8, 4) is 0 Å². The van der Waals surface area contributed by atoms with Crippen molar-refractivity contribution in [1.82, 2.24) is 9.88 Å². The molecule has 2 aliphatic rings. The summed E-state index contributed by atoms with van der Waals surface area (Å²) in [5.74, 6) is 0.299. The maximum absolute atomic E-state index is 12.3. The summed E-state index contributed by atoms with van der Waals surface area (Å²) < 4.78 is 10.2. The van der Waals surface area contributed by atoms with Crippen molar-refractivity contribution < 1.29 is 19.1 Å². The molecule has 0 atom stereocenters. The van der Waals surface area contributed by atoms with Crippen LogP contribution in [0.1, 0.15) is 50.3 Å². The molecule has 0 amide bonds. The third-order valence-corrected chi connectivity index (χ3v) is 5.25. The highest BCUT2D eigenvalue weighted by Gasteiger charge is 2.38. The first kappa shape index (κ1) is 19.6. The lowest BCUT2D eigenvalue weighted by molar-refractivity contribution is -0.164. The minimum absolute atomic E-state index is 0.247. The second-order valence-corrected chi connectivity index (χ2v) is 6.99. The first-order valence-corrected chi connectivity index (χ1v) is 9.95. The maximum Gasteiger partial charge on any atom is 0.335 e. The maximum atomic E-state index is 12.3. The molecule has 148 valence electrons. The number of carbonyl (C=O) groups is 2. The molecule has 0 spiro atoms. The summed E-state index contributed by atoms with van der Waals surface area (Å²) in [6.45, 7) is 6.22. The number of fused-ring (bicyclic) bond motifs is 1. The van der Waals surface area contributed by atoms with Crippen LogP contribution in [-0.2, 0) is 25.5 Å². The number of hydrogen-bond acceptors (Lipinski definition) is 7. The van der Waals surface area contributed by atoms with Crippen molar-refractivity contribution in [3.63, 3.8) is 0 Å². The number of piperidine rings is 1. The smallest absolute Gasteiger partial charge is 0.335 e. The molecule has 0 aromatic carbocycles. The van der Waals surface area contributed by atoms with Gasteiger partial charge in [-0.2, -0.15) is 0 Å². The number of esters is 2. The SMILES string of the molecule is CCOC(=O)C(C(=O)OCC)N1CCC(c2ccc3c(n2)NCCC3)CC1. The number of hydrogen-bond donors (Lipinski definition) is 1. The Balaban J connectivity index is 1.65. The Labute approximate surface area is 160 Å². The fraction of sp³-hybridized carbons (Fsp3) is 0.650. The first-order valence-electron chi connectivity index (χ1n) is 9.95. The van der Waals surface area contributed by atoms with Gasteiger partial charge >= 0.3 is 11.9 Å². The number of rotatable bonds is 6. The highest BCUT2D eigenvalue weighted by Crippen LogP contribution is 2.30. The van der Waals surface area contributed by atoms with Gasteiger partial charge in [-0.25, -0.2) is 14.6 Å². The summed E-state index contributed by atoms with van der Waals surface area (Å²) in [5, 5.41) is 3.38. The average molecular weight is 375 g/mol. The molecule has 7 heteroatoms. The molecule has 0 aliphatic carbocycles. The minimum Gasteiger partial charge on any atom is -0.464 e. The Kier molecular flexibility index (Phi) is 6.66. The predicted octanol–water partition coefficient (Wildman–Crippen LogP) is 2.11. The molecular formula is C20H29N3O4. The van der Waals surface area contributed by atoms with Crippen LogP contribution in [0.4, 0.5) is 5.82 Å². The highest BCUT2D eigenvalue weighted by atomic mass is 16.6. The van der Waals surface area contributed by atoms with Crippen molar-refractivity contribution in [2.45, 2.75) is 51.5 Å². The van der Waals surface area contributed by atoms with E-state index in [1.165, 1.54) is 5.56 Å². The molecule has 1 fully saturated rings. The third kappa shape index (κ3) is 4.58. The first-order chi connectivity index (χ1) is 13.1. The number of carbonyl (C=O) groups excluding carboxylic acids is 2. The Morgan fingerprint density at radius 3 is 2.48 bits per heavy atom. The topological polar surface area (TPSA) is 80.8 Å². The molecule has 3 heterocycles. The largest absolute Gasteiger partial charge is 0.464 e. The van der Waals surface area contributed by atoms with Crippen molar-refractivity contribution in [2.75, 3.05) is 38.2 Å². The molecule has 0 unspecified atom stereocenters. The van der Waals surface area contributed by atoms with Gasteiger partial charge in [0.15, 0.2) is 0 Å². The average Bonchev–Trinajstić information content (AvgIpc) is 2.69. The molecule has 1 saturated heterocycles. The van der Waals surface area contributed by atoms with E-state index in [-0.39, 0.29) is 13.2 Å². The molecular weight excluding hydrogens is 346 g/mol. The van der Waals surface area contributed by atoms with Gasteiger partial charge in [0.1, 0.15) is 5.82 Å². The van der Waals surface area contributed by atoms with Crippen LogP contribution in [0.2, 0.25) is 0 Å². The third-order valence-electron chi connectivity index (χ3n) is 5.25. The van der Waals surface area contributed by atoms with Gasteiger partial charge in [0, 0.05) is 31.2 Å². The number of anilines is 1. The molecule has 0 bridgehead atoms. The molecule has 7 nitrogen and oxygen atoms in total. The van der Waals surface area contributed by atoms with E-state index in [4.69, 9.17) is 14.5 Å². The van der Waals surface area contributed by atoms with Crippen LogP contribution in [0.15, 0.2) is 12.1 Å². The number of pyridine rings is 1. The number of ether oxygens (including phenoxy) is 2. The van der Waals surface area contributed by atoms with E-state index in [1.807, 2.05) is 4.90 Å². The zero-order chi connectivity index (χ0) is 19.2. The van der Waals surface area contributed by atoms with Crippen molar-refractivity contribution in [1.29, 1.82) is 0 Å². The lowest BCUT2D eigenvalue weighted by Crippen LogP contribution is -2.51. The fourth-order valence-electron chi connectivity index (χ4n) is 3.86. The van der Waals surface area contributed by atoms with Gasteiger partial charge in [-0.3, -0.25) is 4.90 Å². The molecule has 3 rings (SSSR count). The molecule has 2 aliphatic heterocycles. The van der Waals surface area contributed by atoms with Crippen LogP contribution in [-0.4, -0.2) is 60.7 Å². The number of nitrogens with one attached hydrogen (secondary N) is 1. The summed E-state index contributed by atoms with van der Waals surface area (Å²) in [6.07, 6.45) is 3.92. The normalized spacial score (nSPS) is 17.9. The highest BCUT2D eigenvalue weighted by molar-refractivity contribution is 5.99. The second kappa shape index (κ2) is 9.17. The Morgan fingerprint density at radius 2 is 1.85 bits per heavy atom. The van der Waals surface area contributed by atoms with E-state index in [0.717, 1.165) is 43.7 Å². The van der Waals surface area contributed by atoms with E-state index in [9.17, 15) is 9.59 Å². The van der Waals surface area contributed by atoms with Crippen molar-refractivity contribution in [2.24, 2.45) is 0 Å². The lowest BCUT2D eigenvalue weighted by Gasteiger charge is -2.35. The van der Waals surface area contributed by atoms with Gasteiger partial charge in [-0.05, 0) is 51.2 Å². The summed E-state index contributed by atoms with van der Waals surface area (Å²) in [5.41, 5.74) is 2.37. The molecule has 1 aromatic heterocycles. The van der Waals surface area contributed by atoms with E-state index >= 15 is 0 Å². The molecule has 1 N–H and O–H groups in total. The summed E-state index contributed by atoms with van der Waals surface area (Å²) in [6, 6.07) is 3.33. The Bertz CT molecular complexity index is 653. The number of aromatic nitrogens is 1. The standard InChI is InChI=1S/C20H29N3O4/c1-3-26-19(24)17(20(25)27-4-2)23-12-9-14(10-13-23)16-8-7-15-6-5-11-21-18(15)22-16/h7-8,14,17H,3-6,9-13H2,1-2H3,(H,21,22). The predicted molar refractivity (Wildman–Crippen MR) is 102 cm³/mol. The lowest BCUT2D eigenvalue weighted by atomic mass is 9.91. The van der Waals surface area contributed by atoms with Crippen LogP contribution in [0.25, 0.3) is 0 Å². The van der Waals surface area contributed by atoms with E-state index in [0.29, 0.717) is 19.0 Å².